The SMILES string of the molecule is COC(=O)Cn1c(SCC(=O)N[C@@H](C)CCCC(C)C)nc2ccccc2c1=O. The average Bonchev–Trinajstić information content (AvgIpc) is 2.68. The zero-order valence-corrected chi connectivity index (χ0v) is 18.3. The second kappa shape index (κ2) is 11.0. The zero-order chi connectivity index (χ0) is 21.4. The molecule has 1 amide bonds. The molecule has 0 fully saturated rings. The Morgan fingerprint density at radius 1 is 1.21 bits per heavy atom. The van der Waals surface area contributed by atoms with Crippen molar-refractivity contribution in [2.24, 2.45) is 5.92 Å². The van der Waals surface area contributed by atoms with Crippen LogP contribution in [0.25, 0.3) is 10.9 Å². The molecule has 0 saturated carbocycles. The maximum Gasteiger partial charge on any atom is 0.325 e. The lowest BCUT2D eigenvalue weighted by molar-refractivity contribution is -0.141. The van der Waals surface area contributed by atoms with Crippen LogP contribution in [0.3, 0.4) is 0 Å². The van der Waals surface area contributed by atoms with E-state index in [1.54, 1.807) is 24.3 Å². The monoisotopic (exact) mass is 419 g/mol. The number of amides is 1. The molecule has 0 bridgehead atoms. The number of nitrogens with zero attached hydrogens (tertiary/aromatic N) is 2. The lowest BCUT2D eigenvalue weighted by Crippen LogP contribution is -2.34. The van der Waals surface area contributed by atoms with Crippen LogP contribution in [0.2, 0.25) is 0 Å². The van der Waals surface area contributed by atoms with Crippen molar-refractivity contribution >= 4 is 34.5 Å². The van der Waals surface area contributed by atoms with Crippen LogP contribution in [0.15, 0.2) is 34.2 Å². The minimum Gasteiger partial charge on any atom is -0.468 e. The van der Waals surface area contributed by atoms with Crippen molar-refractivity contribution in [2.45, 2.75) is 57.8 Å². The molecule has 0 aliphatic carbocycles. The number of carbonyl (C=O) groups excluding carboxylic acids is 2. The van der Waals surface area contributed by atoms with Gasteiger partial charge in [-0.3, -0.25) is 19.0 Å². The van der Waals surface area contributed by atoms with Crippen LogP contribution in [-0.2, 0) is 20.9 Å². The number of carbonyl (C=O) groups is 2. The van der Waals surface area contributed by atoms with E-state index in [0.29, 0.717) is 22.0 Å². The molecule has 2 rings (SSSR count). The van der Waals surface area contributed by atoms with E-state index in [4.69, 9.17) is 4.74 Å². The molecule has 8 heteroatoms. The highest BCUT2D eigenvalue weighted by Gasteiger charge is 2.16. The Labute approximate surface area is 175 Å². The van der Waals surface area contributed by atoms with Gasteiger partial charge in [-0.15, -0.1) is 0 Å². The molecule has 29 heavy (non-hydrogen) atoms. The van der Waals surface area contributed by atoms with Gasteiger partial charge in [0, 0.05) is 6.04 Å². The fourth-order valence-corrected chi connectivity index (χ4v) is 3.75. The van der Waals surface area contributed by atoms with Crippen LogP contribution in [0.4, 0.5) is 0 Å². The minimum atomic E-state index is -0.547. The molecule has 2 aromatic rings. The van der Waals surface area contributed by atoms with Crippen LogP contribution in [-0.4, -0.2) is 40.3 Å². The molecule has 0 radical (unpaired) electrons. The highest BCUT2D eigenvalue weighted by molar-refractivity contribution is 7.99. The van der Waals surface area contributed by atoms with Gasteiger partial charge in [-0.2, -0.15) is 0 Å². The molecule has 1 aromatic carbocycles. The Kier molecular flexibility index (Phi) is 8.70. The largest absolute Gasteiger partial charge is 0.468 e. The number of ether oxygens (including phenoxy) is 1. The van der Waals surface area contributed by atoms with E-state index in [-0.39, 0.29) is 29.8 Å². The molecule has 0 aliphatic heterocycles. The van der Waals surface area contributed by atoms with Crippen molar-refractivity contribution in [3.8, 4) is 0 Å². The lowest BCUT2D eigenvalue weighted by Gasteiger charge is -2.15. The maximum absolute atomic E-state index is 12.8. The number of methoxy groups -OCH3 is 1. The zero-order valence-electron chi connectivity index (χ0n) is 17.4. The topological polar surface area (TPSA) is 90.3 Å². The Morgan fingerprint density at radius 3 is 2.62 bits per heavy atom. The van der Waals surface area contributed by atoms with Gasteiger partial charge in [0.2, 0.25) is 5.91 Å². The van der Waals surface area contributed by atoms with Gasteiger partial charge in [-0.05, 0) is 31.4 Å². The minimum absolute atomic E-state index is 0.0867. The van der Waals surface area contributed by atoms with Crippen LogP contribution in [0.5, 0.6) is 0 Å². The first-order valence-corrected chi connectivity index (χ1v) is 10.8. The number of benzene rings is 1. The van der Waals surface area contributed by atoms with Gasteiger partial charge in [-0.25, -0.2) is 4.98 Å². The summed E-state index contributed by atoms with van der Waals surface area (Å²) in [6.45, 7) is 6.11. The van der Waals surface area contributed by atoms with E-state index < -0.39 is 5.97 Å². The number of nitrogens with one attached hydrogen (secondary N) is 1. The lowest BCUT2D eigenvalue weighted by atomic mass is 10.0. The van der Waals surface area contributed by atoms with Gasteiger partial charge in [0.15, 0.2) is 5.16 Å². The second-order valence-electron chi connectivity index (χ2n) is 7.46. The second-order valence-corrected chi connectivity index (χ2v) is 8.40. The Balaban J connectivity index is 2.09. The van der Waals surface area contributed by atoms with Crippen LogP contribution >= 0.6 is 11.8 Å². The first kappa shape index (κ1) is 22.9. The van der Waals surface area contributed by atoms with Crippen molar-refractivity contribution in [2.75, 3.05) is 12.9 Å². The molecule has 0 aliphatic rings. The molecule has 7 nitrogen and oxygen atoms in total. The number of hydrogen-bond donors (Lipinski definition) is 1. The molecular weight excluding hydrogens is 390 g/mol. The van der Waals surface area contributed by atoms with Gasteiger partial charge in [0.05, 0.1) is 23.8 Å². The van der Waals surface area contributed by atoms with Gasteiger partial charge < -0.3 is 10.1 Å². The smallest absolute Gasteiger partial charge is 0.325 e. The van der Waals surface area contributed by atoms with Crippen LogP contribution in [0, 0.1) is 5.92 Å². The normalized spacial score (nSPS) is 12.2. The highest BCUT2D eigenvalue weighted by Crippen LogP contribution is 2.18. The molecule has 0 saturated heterocycles. The van der Waals surface area contributed by atoms with Gasteiger partial charge in [0.1, 0.15) is 6.54 Å². The van der Waals surface area contributed by atoms with Crippen molar-refractivity contribution in [3.63, 3.8) is 0 Å². The quantitative estimate of drug-likeness (QED) is 0.362. The van der Waals surface area contributed by atoms with E-state index in [2.05, 4.69) is 24.1 Å². The molecule has 1 heterocycles. The summed E-state index contributed by atoms with van der Waals surface area (Å²) in [4.78, 5) is 41.4. The van der Waals surface area contributed by atoms with Crippen molar-refractivity contribution in [3.05, 3.63) is 34.6 Å². The Bertz CT molecular complexity index is 910. The Hall–Kier alpha value is -2.35. The molecule has 0 unspecified atom stereocenters. The van der Waals surface area contributed by atoms with Crippen molar-refractivity contribution < 1.29 is 14.3 Å². The summed E-state index contributed by atoms with van der Waals surface area (Å²) >= 11 is 1.14. The van der Waals surface area contributed by atoms with Gasteiger partial charge in [-0.1, -0.05) is 50.6 Å². The fraction of sp³-hybridized carbons (Fsp3) is 0.524. The van der Waals surface area contributed by atoms with E-state index in [9.17, 15) is 14.4 Å². The third kappa shape index (κ3) is 6.88. The summed E-state index contributed by atoms with van der Waals surface area (Å²) in [5.74, 6) is 0.0906. The first-order valence-electron chi connectivity index (χ1n) is 9.80. The number of hydrogen-bond acceptors (Lipinski definition) is 6. The van der Waals surface area contributed by atoms with E-state index in [0.717, 1.165) is 31.0 Å². The number of fused-ring (bicyclic) bond motifs is 1. The first-order chi connectivity index (χ1) is 13.8. The standard InChI is InChI=1S/C21H29N3O4S/c1-14(2)8-7-9-15(3)22-18(25)13-29-21-23-17-11-6-5-10-16(17)20(27)24(21)12-19(26)28-4/h5-6,10-11,14-15H,7-9,12-13H2,1-4H3,(H,22,25)/t15-/m0/s1. The number of thioether (sulfide) groups is 1. The van der Waals surface area contributed by atoms with Gasteiger partial charge in [0.25, 0.3) is 5.56 Å². The maximum atomic E-state index is 12.8. The summed E-state index contributed by atoms with van der Waals surface area (Å²) in [6.07, 6.45) is 3.13. The summed E-state index contributed by atoms with van der Waals surface area (Å²) in [7, 11) is 1.27. The van der Waals surface area contributed by atoms with Crippen LogP contribution in [0.1, 0.15) is 40.0 Å². The number of rotatable bonds is 10. The number of para-hydroxylation sites is 1. The summed E-state index contributed by atoms with van der Waals surface area (Å²) in [6, 6.07) is 7.02. The molecular formula is C21H29N3O4S. The molecule has 1 atom stereocenters. The molecule has 158 valence electrons. The summed E-state index contributed by atoms with van der Waals surface area (Å²) in [5, 5.41) is 3.72. The highest BCUT2D eigenvalue weighted by atomic mass is 32.2. The predicted molar refractivity (Wildman–Crippen MR) is 115 cm³/mol. The third-order valence-electron chi connectivity index (χ3n) is 4.50. The van der Waals surface area contributed by atoms with E-state index in [1.165, 1.54) is 11.7 Å². The van der Waals surface area contributed by atoms with E-state index in [1.807, 2.05) is 6.92 Å². The number of aromatic nitrogens is 2. The van der Waals surface area contributed by atoms with Crippen LogP contribution < -0.4 is 10.9 Å². The van der Waals surface area contributed by atoms with Crippen molar-refractivity contribution in [1.82, 2.24) is 14.9 Å². The fourth-order valence-electron chi connectivity index (χ4n) is 2.94. The molecule has 0 spiro atoms. The average molecular weight is 420 g/mol. The van der Waals surface area contributed by atoms with Gasteiger partial charge >= 0.3 is 5.97 Å². The number of esters is 1. The molecule has 1 N–H and O–H groups in total. The Morgan fingerprint density at radius 2 is 1.93 bits per heavy atom. The summed E-state index contributed by atoms with van der Waals surface area (Å²) < 4.78 is 5.96. The predicted octanol–water partition coefficient (Wildman–Crippen LogP) is 2.99. The van der Waals surface area contributed by atoms with E-state index >= 15 is 0 Å². The summed E-state index contributed by atoms with van der Waals surface area (Å²) in [5.41, 5.74) is 0.203. The molecule has 1 aromatic heterocycles. The third-order valence-corrected chi connectivity index (χ3v) is 5.48. The van der Waals surface area contributed by atoms with Crippen molar-refractivity contribution in [1.29, 1.82) is 0 Å².